The fraction of sp³-hybridized carbons (Fsp3) is 0.545. The van der Waals surface area contributed by atoms with E-state index >= 15 is 0 Å². The van der Waals surface area contributed by atoms with Crippen LogP contribution in [0.3, 0.4) is 0 Å². The second kappa shape index (κ2) is 4.24. The molecule has 1 aromatic rings. The van der Waals surface area contributed by atoms with Gasteiger partial charge in [-0.15, -0.1) is 0 Å². The van der Waals surface area contributed by atoms with E-state index in [1.807, 2.05) is 0 Å². The van der Waals surface area contributed by atoms with Gasteiger partial charge in [-0.3, -0.25) is 0 Å². The van der Waals surface area contributed by atoms with Crippen molar-refractivity contribution in [3.63, 3.8) is 0 Å². The number of halogens is 1. The summed E-state index contributed by atoms with van der Waals surface area (Å²) in [4.78, 5) is 3.66. The van der Waals surface area contributed by atoms with Crippen molar-refractivity contribution in [3.8, 4) is 0 Å². The van der Waals surface area contributed by atoms with Crippen molar-refractivity contribution >= 4 is 0 Å². The molecule has 0 aromatic carbocycles. The molecule has 0 spiro atoms. The van der Waals surface area contributed by atoms with Crippen LogP contribution in [0.4, 0.5) is 4.39 Å². The highest BCUT2D eigenvalue weighted by Crippen LogP contribution is 2.36. The average molecular weight is 211 g/mol. The number of aromatic nitrogens is 1. The van der Waals surface area contributed by atoms with Crippen LogP contribution in [0, 0.1) is 5.95 Å². The first-order valence-corrected chi connectivity index (χ1v) is 5.02. The minimum Gasteiger partial charge on any atom is -0.381 e. The number of ether oxygens (including phenoxy) is 2. The van der Waals surface area contributed by atoms with Gasteiger partial charge in [-0.25, -0.2) is 4.98 Å². The van der Waals surface area contributed by atoms with E-state index in [9.17, 15) is 4.39 Å². The molecular formula is C11H14FNO2. The molecule has 0 unspecified atom stereocenters. The van der Waals surface area contributed by atoms with E-state index in [-0.39, 0.29) is 0 Å². The van der Waals surface area contributed by atoms with Crippen LogP contribution >= 0.6 is 0 Å². The van der Waals surface area contributed by atoms with Crippen LogP contribution in [0.5, 0.6) is 0 Å². The molecule has 4 heteroatoms. The molecule has 82 valence electrons. The van der Waals surface area contributed by atoms with Crippen molar-refractivity contribution < 1.29 is 13.9 Å². The van der Waals surface area contributed by atoms with Crippen molar-refractivity contribution in [1.29, 1.82) is 0 Å². The van der Waals surface area contributed by atoms with Crippen molar-refractivity contribution in [2.45, 2.75) is 18.4 Å². The van der Waals surface area contributed by atoms with E-state index in [1.54, 1.807) is 19.2 Å². The lowest BCUT2D eigenvalue weighted by Crippen LogP contribution is -2.36. The summed E-state index contributed by atoms with van der Waals surface area (Å²) in [5.41, 5.74) is -0.0212. The Morgan fingerprint density at radius 1 is 1.47 bits per heavy atom. The minimum atomic E-state index is -0.559. The smallest absolute Gasteiger partial charge is 0.218 e. The third-order valence-electron chi connectivity index (χ3n) is 2.94. The Morgan fingerprint density at radius 2 is 2.20 bits per heavy atom. The summed E-state index contributed by atoms with van der Waals surface area (Å²) in [5, 5.41) is 0. The van der Waals surface area contributed by atoms with Gasteiger partial charge in [-0.05, 0) is 6.07 Å². The van der Waals surface area contributed by atoms with E-state index in [1.165, 1.54) is 6.20 Å². The van der Waals surface area contributed by atoms with E-state index in [2.05, 4.69) is 4.98 Å². The third-order valence-corrected chi connectivity index (χ3v) is 2.94. The van der Waals surface area contributed by atoms with Gasteiger partial charge in [0.05, 0.1) is 0 Å². The summed E-state index contributed by atoms with van der Waals surface area (Å²) in [6, 6.07) is 3.46. The third kappa shape index (κ3) is 1.87. The molecule has 0 atom stereocenters. The standard InChI is InChI=1S/C11H14FNO2/c1-14-11(4-7-15-8-5-11)9-3-2-6-13-10(9)12/h2-3,6H,4-5,7-8H2,1H3. The predicted molar refractivity (Wildman–Crippen MR) is 52.9 cm³/mol. The predicted octanol–water partition coefficient (Wildman–Crippen LogP) is 1.87. The number of methoxy groups -OCH3 is 1. The van der Waals surface area contributed by atoms with E-state index in [0.29, 0.717) is 31.6 Å². The van der Waals surface area contributed by atoms with Crippen molar-refractivity contribution in [2.24, 2.45) is 0 Å². The lowest BCUT2D eigenvalue weighted by molar-refractivity contribution is -0.0969. The maximum Gasteiger partial charge on any atom is 0.218 e. The van der Waals surface area contributed by atoms with Crippen LogP contribution in [-0.2, 0) is 15.1 Å². The van der Waals surface area contributed by atoms with E-state index < -0.39 is 11.5 Å². The maximum absolute atomic E-state index is 13.6. The zero-order chi connectivity index (χ0) is 10.7. The first kappa shape index (κ1) is 10.5. The van der Waals surface area contributed by atoms with Gasteiger partial charge in [-0.2, -0.15) is 4.39 Å². The number of hydrogen-bond donors (Lipinski definition) is 0. The second-order valence-corrected chi connectivity index (χ2v) is 3.65. The Balaban J connectivity index is 2.36. The van der Waals surface area contributed by atoms with Crippen molar-refractivity contribution in [1.82, 2.24) is 4.98 Å². The normalized spacial score (nSPS) is 20.1. The molecule has 0 amide bonds. The number of hydrogen-bond acceptors (Lipinski definition) is 3. The topological polar surface area (TPSA) is 31.4 Å². The minimum absolute atomic E-state index is 0.443. The summed E-state index contributed by atoms with van der Waals surface area (Å²) >= 11 is 0. The summed E-state index contributed by atoms with van der Waals surface area (Å²) in [5.74, 6) is -0.443. The van der Waals surface area contributed by atoms with Gasteiger partial charge in [0.15, 0.2) is 0 Å². The molecule has 15 heavy (non-hydrogen) atoms. The van der Waals surface area contributed by atoms with Gasteiger partial charge in [-0.1, -0.05) is 6.07 Å². The number of nitrogens with zero attached hydrogens (tertiary/aromatic N) is 1. The fourth-order valence-corrected chi connectivity index (χ4v) is 2.01. The Morgan fingerprint density at radius 3 is 2.80 bits per heavy atom. The molecule has 0 bridgehead atoms. The average Bonchev–Trinajstić information content (AvgIpc) is 2.30. The zero-order valence-electron chi connectivity index (χ0n) is 8.70. The molecule has 1 saturated heterocycles. The lowest BCUT2D eigenvalue weighted by atomic mass is 9.87. The highest BCUT2D eigenvalue weighted by molar-refractivity contribution is 5.20. The van der Waals surface area contributed by atoms with Crippen molar-refractivity contribution in [2.75, 3.05) is 20.3 Å². The molecule has 0 saturated carbocycles. The molecule has 1 aliphatic rings. The summed E-state index contributed by atoms with van der Waals surface area (Å²) < 4.78 is 24.3. The van der Waals surface area contributed by atoms with Crippen molar-refractivity contribution in [3.05, 3.63) is 29.8 Å². The van der Waals surface area contributed by atoms with Crippen LogP contribution < -0.4 is 0 Å². The first-order valence-electron chi connectivity index (χ1n) is 5.02. The van der Waals surface area contributed by atoms with Gasteiger partial charge >= 0.3 is 0 Å². The van der Waals surface area contributed by atoms with E-state index in [4.69, 9.17) is 9.47 Å². The maximum atomic E-state index is 13.6. The zero-order valence-corrected chi connectivity index (χ0v) is 8.70. The fourth-order valence-electron chi connectivity index (χ4n) is 2.01. The van der Waals surface area contributed by atoms with E-state index in [0.717, 1.165) is 0 Å². The molecule has 1 aliphatic heterocycles. The van der Waals surface area contributed by atoms with Crippen LogP contribution in [-0.4, -0.2) is 25.3 Å². The highest BCUT2D eigenvalue weighted by atomic mass is 19.1. The molecule has 1 fully saturated rings. The SMILES string of the molecule is COC1(c2cccnc2F)CCOCC1. The monoisotopic (exact) mass is 211 g/mol. The van der Waals surface area contributed by atoms with Gasteiger partial charge in [0, 0.05) is 44.9 Å². The molecule has 2 heterocycles. The largest absolute Gasteiger partial charge is 0.381 e. The summed E-state index contributed by atoms with van der Waals surface area (Å²) in [7, 11) is 1.61. The van der Waals surface area contributed by atoms with Crippen LogP contribution in [0.2, 0.25) is 0 Å². The lowest BCUT2D eigenvalue weighted by Gasteiger charge is -2.36. The number of rotatable bonds is 2. The Labute approximate surface area is 88.2 Å². The van der Waals surface area contributed by atoms with Gasteiger partial charge in [0.25, 0.3) is 0 Å². The molecule has 0 aliphatic carbocycles. The Hall–Kier alpha value is -1.00. The Kier molecular flexibility index (Phi) is 2.98. The van der Waals surface area contributed by atoms with Gasteiger partial charge < -0.3 is 9.47 Å². The summed E-state index contributed by atoms with van der Waals surface area (Å²) in [6.07, 6.45) is 2.79. The molecule has 0 radical (unpaired) electrons. The summed E-state index contributed by atoms with van der Waals surface area (Å²) in [6.45, 7) is 1.20. The van der Waals surface area contributed by atoms with Gasteiger partial charge in [0.2, 0.25) is 5.95 Å². The number of pyridine rings is 1. The van der Waals surface area contributed by atoms with Crippen LogP contribution in [0.25, 0.3) is 0 Å². The van der Waals surface area contributed by atoms with Crippen LogP contribution in [0.1, 0.15) is 18.4 Å². The van der Waals surface area contributed by atoms with Crippen LogP contribution in [0.15, 0.2) is 18.3 Å². The van der Waals surface area contributed by atoms with Gasteiger partial charge in [0.1, 0.15) is 5.60 Å². The highest BCUT2D eigenvalue weighted by Gasteiger charge is 2.36. The Bertz CT molecular complexity index is 337. The molecule has 1 aromatic heterocycles. The molecule has 3 nitrogen and oxygen atoms in total. The molecule has 2 rings (SSSR count). The molecular weight excluding hydrogens is 197 g/mol. The molecule has 0 N–H and O–H groups in total. The quantitative estimate of drug-likeness (QED) is 0.700. The second-order valence-electron chi connectivity index (χ2n) is 3.65. The first-order chi connectivity index (χ1) is 7.28.